The summed E-state index contributed by atoms with van der Waals surface area (Å²) >= 11 is 0. The van der Waals surface area contributed by atoms with Crippen LogP contribution in [0.25, 0.3) is 33.4 Å². The predicted octanol–water partition coefficient (Wildman–Crippen LogP) is 2.69. The molecule has 8 nitrogen and oxygen atoms in total. The average molecular weight is 419 g/mol. The second-order valence-electron chi connectivity index (χ2n) is 7.86. The molecule has 1 aliphatic heterocycles. The molecule has 0 atom stereocenters. The molecule has 5 rings (SSSR count). The first-order valence-corrected chi connectivity index (χ1v) is 10.1. The highest BCUT2D eigenvalue weighted by atomic mass is 19.1. The molecule has 1 saturated heterocycles. The van der Waals surface area contributed by atoms with Gasteiger partial charge in [0.15, 0.2) is 11.6 Å². The first kappa shape index (κ1) is 19.4. The molecular weight excluding hydrogens is 397 g/mol. The lowest BCUT2D eigenvalue weighted by Gasteiger charge is -2.32. The molecule has 1 N–H and O–H groups in total. The van der Waals surface area contributed by atoms with Gasteiger partial charge in [-0.2, -0.15) is 5.10 Å². The minimum atomic E-state index is -0.415. The molecule has 9 heteroatoms. The van der Waals surface area contributed by atoms with Crippen molar-refractivity contribution in [2.45, 2.75) is 0 Å². The van der Waals surface area contributed by atoms with Gasteiger partial charge in [-0.3, -0.25) is 4.68 Å². The topological polar surface area (TPSA) is 83.2 Å². The maximum absolute atomic E-state index is 14.4. The standard InChI is InChI=1S/C22H22FN7O/c1-28-5-7-30(8-6-28)20-4-3-18(25-26-20)22-19(31)11-15(12-24-22)14-9-16-13-29(2)27-21(16)17(23)10-14/h3-4,9-13,31H,5-8H2,1-2H3. The number of piperazine rings is 1. The summed E-state index contributed by atoms with van der Waals surface area (Å²) in [5.41, 5.74) is 2.35. The van der Waals surface area contributed by atoms with Crippen LogP contribution in [0.2, 0.25) is 0 Å². The summed E-state index contributed by atoms with van der Waals surface area (Å²) in [6.45, 7) is 3.78. The molecule has 1 aromatic carbocycles. The molecule has 0 amide bonds. The highest BCUT2D eigenvalue weighted by Crippen LogP contribution is 2.32. The van der Waals surface area contributed by atoms with Crippen LogP contribution in [-0.4, -0.2) is 68.2 Å². The lowest BCUT2D eigenvalue weighted by molar-refractivity contribution is 0.312. The van der Waals surface area contributed by atoms with Crippen LogP contribution < -0.4 is 4.90 Å². The van der Waals surface area contributed by atoms with Crippen LogP contribution in [0.3, 0.4) is 0 Å². The van der Waals surface area contributed by atoms with Crippen molar-refractivity contribution in [3.8, 4) is 28.3 Å². The number of pyridine rings is 1. The van der Waals surface area contributed by atoms with Gasteiger partial charge < -0.3 is 14.9 Å². The Morgan fingerprint density at radius 3 is 2.48 bits per heavy atom. The third-order valence-corrected chi connectivity index (χ3v) is 5.60. The van der Waals surface area contributed by atoms with Crippen molar-refractivity contribution in [3.63, 3.8) is 0 Å². The molecule has 158 valence electrons. The van der Waals surface area contributed by atoms with E-state index in [1.165, 1.54) is 6.07 Å². The molecule has 1 aliphatic rings. The van der Waals surface area contributed by atoms with Crippen LogP contribution in [0.5, 0.6) is 5.75 Å². The Morgan fingerprint density at radius 2 is 1.77 bits per heavy atom. The minimum Gasteiger partial charge on any atom is -0.506 e. The number of fused-ring (bicyclic) bond motifs is 1. The van der Waals surface area contributed by atoms with Crippen LogP contribution >= 0.6 is 0 Å². The quantitative estimate of drug-likeness (QED) is 0.547. The fourth-order valence-corrected chi connectivity index (χ4v) is 3.84. The summed E-state index contributed by atoms with van der Waals surface area (Å²) in [6.07, 6.45) is 3.35. The summed E-state index contributed by atoms with van der Waals surface area (Å²) in [5, 5.41) is 24.0. The highest BCUT2D eigenvalue weighted by molar-refractivity contribution is 5.85. The maximum atomic E-state index is 14.4. The Balaban J connectivity index is 1.42. The van der Waals surface area contributed by atoms with E-state index >= 15 is 0 Å². The Bertz CT molecular complexity index is 1250. The van der Waals surface area contributed by atoms with E-state index in [0.717, 1.165) is 32.0 Å². The second kappa shape index (κ2) is 7.59. The zero-order chi connectivity index (χ0) is 21.5. The number of hydrogen-bond donors (Lipinski definition) is 1. The third kappa shape index (κ3) is 3.68. The second-order valence-corrected chi connectivity index (χ2v) is 7.86. The first-order chi connectivity index (χ1) is 15.0. The number of aryl methyl sites for hydroxylation is 1. The SMILES string of the molecule is CN1CCN(c2ccc(-c3ncc(-c4cc(F)c5nn(C)cc5c4)cc3O)nn2)CC1. The van der Waals surface area contributed by atoms with Crippen molar-refractivity contribution >= 4 is 16.7 Å². The number of likely N-dealkylation sites (N-methyl/N-ethyl adjacent to an activating group) is 1. The number of benzene rings is 1. The number of aromatic nitrogens is 5. The van der Waals surface area contributed by atoms with E-state index < -0.39 is 5.82 Å². The number of hydrogen-bond acceptors (Lipinski definition) is 7. The third-order valence-electron chi connectivity index (χ3n) is 5.60. The van der Waals surface area contributed by atoms with Gasteiger partial charge in [0.05, 0.1) is 0 Å². The molecule has 0 unspecified atom stereocenters. The van der Waals surface area contributed by atoms with Crippen molar-refractivity contribution in [1.29, 1.82) is 0 Å². The van der Waals surface area contributed by atoms with Gasteiger partial charge in [-0.1, -0.05) is 0 Å². The van der Waals surface area contributed by atoms with Crippen molar-refractivity contribution < 1.29 is 9.50 Å². The summed E-state index contributed by atoms with van der Waals surface area (Å²) in [4.78, 5) is 8.84. The van der Waals surface area contributed by atoms with Gasteiger partial charge in [0.1, 0.15) is 22.7 Å². The zero-order valence-corrected chi connectivity index (χ0v) is 17.3. The van der Waals surface area contributed by atoms with Crippen molar-refractivity contribution in [2.24, 2.45) is 7.05 Å². The van der Waals surface area contributed by atoms with E-state index in [0.29, 0.717) is 33.4 Å². The minimum absolute atomic E-state index is 0.0363. The number of nitrogens with zero attached hydrogens (tertiary/aromatic N) is 7. The molecule has 31 heavy (non-hydrogen) atoms. The molecule has 0 bridgehead atoms. The van der Waals surface area contributed by atoms with E-state index in [4.69, 9.17) is 0 Å². The van der Waals surface area contributed by atoms with E-state index in [1.54, 1.807) is 30.2 Å². The number of rotatable bonds is 3. The van der Waals surface area contributed by atoms with E-state index in [-0.39, 0.29) is 5.75 Å². The summed E-state index contributed by atoms with van der Waals surface area (Å²) in [6, 6.07) is 8.50. The first-order valence-electron chi connectivity index (χ1n) is 10.1. The predicted molar refractivity (Wildman–Crippen MR) is 116 cm³/mol. The summed E-state index contributed by atoms with van der Waals surface area (Å²) in [7, 11) is 3.85. The number of anilines is 1. The lowest BCUT2D eigenvalue weighted by atomic mass is 10.0. The van der Waals surface area contributed by atoms with Crippen LogP contribution in [0, 0.1) is 5.82 Å². The number of aromatic hydroxyl groups is 1. The van der Waals surface area contributed by atoms with Gasteiger partial charge in [-0.05, 0) is 42.9 Å². The Hall–Kier alpha value is -3.59. The van der Waals surface area contributed by atoms with Crippen LogP contribution in [-0.2, 0) is 7.05 Å². The normalized spacial score (nSPS) is 15.0. The molecule has 4 aromatic rings. The fraction of sp³-hybridized carbons (Fsp3) is 0.273. The summed E-state index contributed by atoms with van der Waals surface area (Å²) < 4.78 is 16.0. The lowest BCUT2D eigenvalue weighted by Crippen LogP contribution is -2.44. The van der Waals surface area contributed by atoms with Gasteiger partial charge in [0.25, 0.3) is 0 Å². The smallest absolute Gasteiger partial charge is 0.151 e. The molecular formula is C22H22FN7O. The van der Waals surface area contributed by atoms with E-state index in [2.05, 4.69) is 37.1 Å². The molecule has 1 fully saturated rings. The molecule has 3 aromatic heterocycles. The van der Waals surface area contributed by atoms with Crippen molar-refractivity contribution in [3.05, 3.63) is 48.5 Å². The Morgan fingerprint density at radius 1 is 0.968 bits per heavy atom. The molecule has 0 saturated carbocycles. The van der Waals surface area contributed by atoms with Gasteiger partial charge in [0, 0.05) is 56.6 Å². The highest BCUT2D eigenvalue weighted by Gasteiger charge is 2.17. The maximum Gasteiger partial charge on any atom is 0.151 e. The molecule has 0 aliphatic carbocycles. The van der Waals surface area contributed by atoms with Crippen LogP contribution in [0.15, 0.2) is 42.7 Å². The van der Waals surface area contributed by atoms with Crippen LogP contribution in [0.4, 0.5) is 10.2 Å². The Labute approximate surface area is 178 Å². The summed E-state index contributed by atoms with van der Waals surface area (Å²) in [5.74, 6) is 0.362. The van der Waals surface area contributed by atoms with Crippen LogP contribution in [0.1, 0.15) is 0 Å². The van der Waals surface area contributed by atoms with Gasteiger partial charge in [0.2, 0.25) is 0 Å². The van der Waals surface area contributed by atoms with Gasteiger partial charge >= 0.3 is 0 Å². The molecule has 0 spiro atoms. The molecule has 4 heterocycles. The van der Waals surface area contributed by atoms with Gasteiger partial charge in [-0.15, -0.1) is 10.2 Å². The van der Waals surface area contributed by atoms with E-state index in [9.17, 15) is 9.50 Å². The largest absolute Gasteiger partial charge is 0.506 e. The van der Waals surface area contributed by atoms with E-state index in [1.807, 2.05) is 18.2 Å². The Kier molecular flexibility index (Phi) is 4.74. The average Bonchev–Trinajstić information content (AvgIpc) is 3.15. The zero-order valence-electron chi connectivity index (χ0n) is 17.3. The van der Waals surface area contributed by atoms with Crippen molar-refractivity contribution in [1.82, 2.24) is 29.9 Å². The number of halogens is 1. The monoisotopic (exact) mass is 419 g/mol. The fourth-order valence-electron chi connectivity index (χ4n) is 3.84. The van der Waals surface area contributed by atoms with Gasteiger partial charge in [-0.25, -0.2) is 9.37 Å². The van der Waals surface area contributed by atoms with Crippen molar-refractivity contribution in [2.75, 3.05) is 38.1 Å². The molecule has 0 radical (unpaired) electrons.